The first kappa shape index (κ1) is 14.5. The quantitative estimate of drug-likeness (QED) is 0.647. The van der Waals surface area contributed by atoms with E-state index in [4.69, 9.17) is 4.74 Å². The smallest absolute Gasteiger partial charge is 0.202 e. The summed E-state index contributed by atoms with van der Waals surface area (Å²) in [6, 6.07) is 17.0. The van der Waals surface area contributed by atoms with E-state index in [1.807, 2.05) is 6.07 Å². The Hall–Kier alpha value is -2.46. The summed E-state index contributed by atoms with van der Waals surface area (Å²) in [4.78, 5) is 14.1. The molecule has 0 unspecified atom stereocenters. The van der Waals surface area contributed by atoms with Gasteiger partial charge in [-0.2, -0.15) is 0 Å². The van der Waals surface area contributed by atoms with Crippen LogP contribution in [0.2, 0.25) is 0 Å². The minimum absolute atomic E-state index is 0.0268. The largest absolute Gasteiger partial charge is 0.497 e. The van der Waals surface area contributed by atoms with Crippen molar-refractivity contribution in [3.63, 3.8) is 0 Å². The zero-order chi connectivity index (χ0) is 15.5. The maximum atomic E-state index is 13.0. The number of benzene rings is 2. The summed E-state index contributed by atoms with van der Waals surface area (Å²) in [7, 11) is 1.59. The van der Waals surface area contributed by atoms with E-state index in [0.29, 0.717) is 10.4 Å². The topological polar surface area (TPSA) is 26.3 Å². The number of halogens is 1. The van der Waals surface area contributed by atoms with Gasteiger partial charge in [0.2, 0.25) is 5.78 Å². The molecule has 0 saturated carbocycles. The highest BCUT2D eigenvalue weighted by Gasteiger charge is 2.12. The van der Waals surface area contributed by atoms with E-state index in [2.05, 4.69) is 0 Å². The third kappa shape index (κ3) is 2.92. The number of carbonyl (C=O) groups is 1. The molecular formula is C18H13FO2S. The lowest BCUT2D eigenvalue weighted by molar-refractivity contribution is 0.104. The number of carbonyl (C=O) groups excluding carboxylic acids is 1. The summed E-state index contributed by atoms with van der Waals surface area (Å²) in [6.07, 6.45) is 0. The van der Waals surface area contributed by atoms with Crippen molar-refractivity contribution in [2.45, 2.75) is 0 Å². The van der Waals surface area contributed by atoms with Gasteiger partial charge in [-0.1, -0.05) is 12.1 Å². The molecule has 0 fully saturated rings. The molecule has 0 spiro atoms. The molecule has 4 heteroatoms. The normalized spacial score (nSPS) is 10.5. The third-order valence-electron chi connectivity index (χ3n) is 3.31. The zero-order valence-electron chi connectivity index (χ0n) is 11.9. The van der Waals surface area contributed by atoms with Crippen molar-refractivity contribution < 1.29 is 13.9 Å². The molecule has 2 nitrogen and oxygen atoms in total. The zero-order valence-corrected chi connectivity index (χ0v) is 12.7. The molecule has 110 valence electrons. The monoisotopic (exact) mass is 312 g/mol. The predicted octanol–water partition coefficient (Wildman–Crippen LogP) is 4.79. The lowest BCUT2D eigenvalue weighted by atomic mass is 10.1. The molecule has 3 rings (SSSR count). The highest BCUT2D eigenvalue weighted by atomic mass is 32.1. The van der Waals surface area contributed by atoms with Crippen LogP contribution in [-0.2, 0) is 0 Å². The lowest BCUT2D eigenvalue weighted by Gasteiger charge is -2.01. The van der Waals surface area contributed by atoms with Gasteiger partial charge >= 0.3 is 0 Å². The second-order valence-electron chi connectivity index (χ2n) is 4.73. The molecule has 0 saturated heterocycles. The Morgan fingerprint density at radius 2 is 1.64 bits per heavy atom. The van der Waals surface area contributed by atoms with E-state index in [1.54, 1.807) is 49.6 Å². The van der Waals surface area contributed by atoms with Crippen LogP contribution in [0.15, 0.2) is 60.7 Å². The van der Waals surface area contributed by atoms with Gasteiger partial charge in [-0.25, -0.2) is 4.39 Å². The highest BCUT2D eigenvalue weighted by Crippen LogP contribution is 2.29. The van der Waals surface area contributed by atoms with Gasteiger partial charge in [0.1, 0.15) is 11.6 Å². The van der Waals surface area contributed by atoms with Crippen LogP contribution in [0.5, 0.6) is 5.75 Å². The molecule has 1 aromatic heterocycles. The van der Waals surface area contributed by atoms with Crippen molar-refractivity contribution in [3.8, 4) is 16.2 Å². The molecule has 0 radical (unpaired) electrons. The standard InChI is InChI=1S/C18H13FO2S/c1-21-15-8-4-13(5-9-15)18(20)17-11-10-16(22-17)12-2-6-14(19)7-3-12/h2-11H,1H3. The molecule has 0 atom stereocenters. The number of ketones is 1. The number of ether oxygens (including phenoxy) is 1. The van der Waals surface area contributed by atoms with Crippen LogP contribution in [0.4, 0.5) is 4.39 Å². The Bertz CT molecular complexity index is 789. The first-order chi connectivity index (χ1) is 10.7. The molecule has 3 aromatic rings. The summed E-state index contributed by atoms with van der Waals surface area (Å²) in [5, 5.41) is 0. The molecule has 2 aromatic carbocycles. The molecule has 0 aliphatic carbocycles. The van der Waals surface area contributed by atoms with Crippen LogP contribution in [0.25, 0.3) is 10.4 Å². The first-order valence-corrected chi connectivity index (χ1v) is 7.53. The Kier molecular flexibility index (Phi) is 4.02. The van der Waals surface area contributed by atoms with Gasteiger partial charge in [0.05, 0.1) is 12.0 Å². The van der Waals surface area contributed by atoms with E-state index < -0.39 is 0 Å². The molecule has 22 heavy (non-hydrogen) atoms. The lowest BCUT2D eigenvalue weighted by Crippen LogP contribution is -1.98. The van der Waals surface area contributed by atoms with Crippen LogP contribution in [-0.4, -0.2) is 12.9 Å². The molecule has 0 N–H and O–H groups in total. The summed E-state index contributed by atoms with van der Waals surface area (Å²) in [6.45, 7) is 0. The minimum atomic E-state index is -0.269. The van der Waals surface area contributed by atoms with E-state index in [-0.39, 0.29) is 11.6 Å². The van der Waals surface area contributed by atoms with Gasteiger partial charge in [0.15, 0.2) is 0 Å². The van der Waals surface area contributed by atoms with Crippen LogP contribution < -0.4 is 4.74 Å². The van der Waals surface area contributed by atoms with Crippen LogP contribution in [0, 0.1) is 5.82 Å². The Balaban J connectivity index is 1.86. The number of thiophene rings is 1. The fraction of sp³-hybridized carbons (Fsp3) is 0.0556. The summed E-state index contributed by atoms with van der Waals surface area (Å²) in [5.74, 6) is 0.422. The molecular weight excluding hydrogens is 299 g/mol. The van der Waals surface area contributed by atoms with Gasteiger partial charge in [-0.3, -0.25) is 4.79 Å². The van der Waals surface area contributed by atoms with E-state index >= 15 is 0 Å². The molecule has 0 bridgehead atoms. The maximum absolute atomic E-state index is 13.0. The minimum Gasteiger partial charge on any atom is -0.497 e. The van der Waals surface area contributed by atoms with Crippen molar-refractivity contribution in [3.05, 3.63) is 76.9 Å². The van der Waals surface area contributed by atoms with Crippen molar-refractivity contribution in [2.24, 2.45) is 0 Å². The van der Waals surface area contributed by atoms with Crippen LogP contribution in [0.3, 0.4) is 0 Å². The van der Waals surface area contributed by atoms with Crippen molar-refractivity contribution in [2.75, 3.05) is 7.11 Å². The molecule has 0 aliphatic heterocycles. The highest BCUT2D eigenvalue weighted by molar-refractivity contribution is 7.17. The van der Waals surface area contributed by atoms with Crippen molar-refractivity contribution in [1.82, 2.24) is 0 Å². The van der Waals surface area contributed by atoms with Crippen LogP contribution >= 0.6 is 11.3 Å². The van der Waals surface area contributed by atoms with Crippen molar-refractivity contribution >= 4 is 17.1 Å². The van der Waals surface area contributed by atoms with Crippen LogP contribution in [0.1, 0.15) is 15.2 Å². The van der Waals surface area contributed by atoms with Gasteiger partial charge in [0, 0.05) is 10.4 Å². The molecule has 0 amide bonds. The molecule has 1 heterocycles. The SMILES string of the molecule is COc1ccc(C(=O)c2ccc(-c3ccc(F)cc3)s2)cc1. The van der Waals surface area contributed by atoms with Gasteiger partial charge in [0.25, 0.3) is 0 Å². The Labute approximate surface area is 131 Å². The van der Waals surface area contributed by atoms with E-state index in [0.717, 1.165) is 16.2 Å². The fourth-order valence-electron chi connectivity index (χ4n) is 2.11. The second-order valence-corrected chi connectivity index (χ2v) is 5.81. The maximum Gasteiger partial charge on any atom is 0.202 e. The number of rotatable bonds is 4. The average Bonchev–Trinajstić information content (AvgIpc) is 3.05. The summed E-state index contributed by atoms with van der Waals surface area (Å²) in [5.41, 5.74) is 1.52. The third-order valence-corrected chi connectivity index (χ3v) is 4.44. The first-order valence-electron chi connectivity index (χ1n) is 6.72. The second kappa shape index (κ2) is 6.12. The fourth-order valence-corrected chi connectivity index (χ4v) is 3.09. The van der Waals surface area contributed by atoms with E-state index in [1.165, 1.54) is 23.5 Å². The molecule has 0 aliphatic rings. The summed E-state index contributed by atoms with van der Waals surface area (Å²) >= 11 is 1.40. The van der Waals surface area contributed by atoms with Gasteiger partial charge in [-0.05, 0) is 54.1 Å². The number of hydrogen-bond acceptors (Lipinski definition) is 3. The average molecular weight is 312 g/mol. The summed E-state index contributed by atoms with van der Waals surface area (Å²) < 4.78 is 18.0. The van der Waals surface area contributed by atoms with Gasteiger partial charge < -0.3 is 4.74 Å². The predicted molar refractivity (Wildman–Crippen MR) is 86.1 cm³/mol. The Morgan fingerprint density at radius 1 is 0.955 bits per heavy atom. The number of methoxy groups -OCH3 is 1. The van der Waals surface area contributed by atoms with Crippen molar-refractivity contribution in [1.29, 1.82) is 0 Å². The van der Waals surface area contributed by atoms with Gasteiger partial charge in [-0.15, -0.1) is 11.3 Å². The number of hydrogen-bond donors (Lipinski definition) is 0. The Morgan fingerprint density at radius 3 is 2.27 bits per heavy atom. The van der Waals surface area contributed by atoms with E-state index in [9.17, 15) is 9.18 Å².